The average Bonchev–Trinajstić information content (AvgIpc) is 3.42. The van der Waals surface area contributed by atoms with Crippen LogP contribution >= 0.6 is 46.4 Å². The van der Waals surface area contributed by atoms with Crippen LogP contribution in [-0.4, -0.2) is 11.2 Å². The van der Waals surface area contributed by atoms with Gasteiger partial charge in [-0.05, 0) is 66.7 Å². The van der Waals surface area contributed by atoms with Crippen molar-refractivity contribution in [2.24, 2.45) is 4.99 Å². The maximum absolute atomic E-state index is 6.26. The smallest absolute Gasteiger partial charge is 0.228 e. The Balaban J connectivity index is 1.40. The lowest BCUT2D eigenvalue weighted by atomic mass is 10.2. The van der Waals surface area contributed by atoms with Crippen LogP contribution in [0, 0.1) is 0 Å². The van der Waals surface area contributed by atoms with E-state index in [0.29, 0.717) is 59.9 Å². The van der Waals surface area contributed by atoms with Crippen LogP contribution in [0.3, 0.4) is 0 Å². The number of aliphatic imine (C=N–C) groups is 1. The molecule has 0 radical (unpaired) electrons. The maximum atomic E-state index is 6.26. The molecule has 0 saturated heterocycles. The molecule has 0 N–H and O–H groups in total. The number of aromatic nitrogens is 1. The van der Waals surface area contributed by atoms with E-state index in [0.717, 1.165) is 5.56 Å². The number of halogens is 4. The highest BCUT2D eigenvalue weighted by molar-refractivity contribution is 6.42. The summed E-state index contributed by atoms with van der Waals surface area (Å²) in [5, 5.41) is 2.02. The number of hydrogen-bond acceptors (Lipinski definition) is 4. The van der Waals surface area contributed by atoms with Gasteiger partial charge in [0.2, 0.25) is 5.89 Å². The van der Waals surface area contributed by atoms with Gasteiger partial charge >= 0.3 is 0 Å². The monoisotopic (exact) mass is 500 g/mol. The van der Waals surface area contributed by atoms with Gasteiger partial charge in [-0.1, -0.05) is 46.4 Å². The second-order valence-electron chi connectivity index (χ2n) is 6.88. The van der Waals surface area contributed by atoms with Crippen molar-refractivity contribution in [1.29, 1.82) is 0 Å². The van der Waals surface area contributed by atoms with Gasteiger partial charge in [-0.25, -0.2) is 4.98 Å². The van der Waals surface area contributed by atoms with Crippen molar-refractivity contribution >= 4 is 69.4 Å². The summed E-state index contributed by atoms with van der Waals surface area (Å²) in [5.74, 6) is 1.66. The normalized spacial score (nSPS) is 11.6. The zero-order valence-corrected chi connectivity index (χ0v) is 19.2. The number of fused-ring (bicyclic) bond motifs is 1. The summed E-state index contributed by atoms with van der Waals surface area (Å²) in [6.45, 7) is 0. The maximum Gasteiger partial charge on any atom is 0.228 e. The van der Waals surface area contributed by atoms with Crippen molar-refractivity contribution in [3.8, 4) is 22.8 Å². The number of hydrogen-bond donors (Lipinski definition) is 0. The largest absolute Gasteiger partial charge is 0.455 e. The molecule has 8 heteroatoms. The van der Waals surface area contributed by atoms with Crippen LogP contribution in [0.5, 0.6) is 0 Å². The van der Waals surface area contributed by atoms with Crippen molar-refractivity contribution in [1.82, 2.24) is 4.98 Å². The van der Waals surface area contributed by atoms with E-state index in [2.05, 4.69) is 9.98 Å². The topological polar surface area (TPSA) is 51.5 Å². The highest BCUT2D eigenvalue weighted by Gasteiger charge is 2.13. The summed E-state index contributed by atoms with van der Waals surface area (Å²) < 4.78 is 11.7. The lowest BCUT2D eigenvalue weighted by molar-refractivity contribution is 0.575. The first-order valence-electron chi connectivity index (χ1n) is 9.41. The Morgan fingerprint density at radius 1 is 0.750 bits per heavy atom. The molecule has 5 rings (SSSR count). The Labute approximate surface area is 203 Å². The molecule has 0 spiro atoms. The van der Waals surface area contributed by atoms with Crippen molar-refractivity contribution in [2.45, 2.75) is 0 Å². The van der Waals surface area contributed by atoms with Crippen LogP contribution in [0.25, 0.3) is 33.9 Å². The molecule has 2 heterocycles. The fourth-order valence-corrected chi connectivity index (χ4v) is 3.81. The van der Waals surface area contributed by atoms with Gasteiger partial charge in [-0.2, -0.15) is 0 Å². The van der Waals surface area contributed by atoms with E-state index in [-0.39, 0.29) is 0 Å². The molecule has 0 aliphatic heterocycles. The number of benzene rings is 3. The van der Waals surface area contributed by atoms with Gasteiger partial charge in [-0.15, -0.1) is 0 Å². The lowest BCUT2D eigenvalue weighted by Crippen LogP contribution is -1.79. The van der Waals surface area contributed by atoms with Gasteiger partial charge in [0.25, 0.3) is 0 Å². The molecule has 0 atom stereocenters. The SMILES string of the molecule is Clc1ccc(Cl)c(-c2nc3cc(N=Cc4ccc(-c5ccc(Cl)c(Cl)c5)o4)ccc3o2)c1. The van der Waals surface area contributed by atoms with E-state index >= 15 is 0 Å². The number of furan rings is 1. The molecule has 0 aliphatic carbocycles. The Hall–Kier alpha value is -2.76. The molecule has 2 aromatic heterocycles. The zero-order chi connectivity index (χ0) is 22.2. The highest BCUT2D eigenvalue weighted by atomic mass is 35.5. The lowest BCUT2D eigenvalue weighted by Gasteiger charge is -1.99. The molecule has 0 amide bonds. The van der Waals surface area contributed by atoms with Gasteiger partial charge in [0.05, 0.1) is 32.5 Å². The van der Waals surface area contributed by atoms with Crippen LogP contribution in [0.4, 0.5) is 5.69 Å². The third-order valence-electron chi connectivity index (χ3n) is 4.70. The third-order valence-corrected chi connectivity index (χ3v) is 6.01. The van der Waals surface area contributed by atoms with E-state index < -0.39 is 0 Å². The minimum atomic E-state index is 0.394. The quantitative estimate of drug-likeness (QED) is 0.230. The summed E-state index contributed by atoms with van der Waals surface area (Å²) >= 11 is 24.4. The van der Waals surface area contributed by atoms with Crippen LogP contribution in [0.2, 0.25) is 20.1 Å². The molecule has 32 heavy (non-hydrogen) atoms. The first kappa shape index (κ1) is 21.1. The van der Waals surface area contributed by atoms with Crippen molar-refractivity contribution in [3.05, 3.63) is 92.6 Å². The van der Waals surface area contributed by atoms with Gasteiger partial charge in [0.1, 0.15) is 17.0 Å². The van der Waals surface area contributed by atoms with E-state index in [1.165, 1.54) is 0 Å². The van der Waals surface area contributed by atoms with Crippen molar-refractivity contribution in [3.63, 3.8) is 0 Å². The Morgan fingerprint density at radius 3 is 2.44 bits per heavy atom. The summed E-state index contributed by atoms with van der Waals surface area (Å²) in [4.78, 5) is 9.01. The highest BCUT2D eigenvalue weighted by Crippen LogP contribution is 2.33. The second kappa shape index (κ2) is 8.64. The fourth-order valence-electron chi connectivity index (χ4n) is 3.14. The average molecular weight is 502 g/mol. The number of rotatable bonds is 4. The van der Waals surface area contributed by atoms with Gasteiger partial charge < -0.3 is 8.83 Å². The summed E-state index contributed by atoms with van der Waals surface area (Å²) in [5.41, 5.74) is 3.43. The predicted octanol–water partition coefficient (Wildman–Crippen LogP) is 9.12. The Kier molecular flexibility index (Phi) is 5.70. The molecule has 4 nitrogen and oxygen atoms in total. The second-order valence-corrected chi connectivity index (χ2v) is 8.54. The van der Waals surface area contributed by atoms with E-state index in [1.807, 2.05) is 30.3 Å². The zero-order valence-electron chi connectivity index (χ0n) is 16.2. The van der Waals surface area contributed by atoms with E-state index in [4.69, 9.17) is 55.2 Å². The Bertz CT molecular complexity index is 1490. The molecule has 3 aromatic carbocycles. The standard InChI is InChI=1S/C24H12Cl4N2O2/c25-14-2-6-18(26)17(10-14)24-30-21-11-15(3-7-23(21)32-24)29-12-16-4-8-22(31-16)13-1-5-19(27)20(28)9-13/h1-12H. The van der Waals surface area contributed by atoms with Crippen molar-refractivity contribution in [2.75, 3.05) is 0 Å². The molecular weight excluding hydrogens is 490 g/mol. The number of oxazole rings is 1. The molecule has 0 aliphatic rings. The molecule has 158 valence electrons. The molecular formula is C24H12Cl4N2O2. The molecule has 0 saturated carbocycles. The fraction of sp³-hybridized carbons (Fsp3) is 0. The van der Waals surface area contributed by atoms with Gasteiger partial charge in [-0.3, -0.25) is 4.99 Å². The first-order chi connectivity index (χ1) is 15.5. The molecule has 0 bridgehead atoms. The molecule has 0 unspecified atom stereocenters. The summed E-state index contributed by atoms with van der Waals surface area (Å²) in [6, 6.07) is 19.6. The minimum Gasteiger partial charge on any atom is -0.455 e. The van der Waals surface area contributed by atoms with E-state index in [1.54, 1.807) is 42.6 Å². The molecule has 5 aromatic rings. The third kappa shape index (κ3) is 4.27. The van der Waals surface area contributed by atoms with Gasteiger partial charge in [0.15, 0.2) is 5.58 Å². The minimum absolute atomic E-state index is 0.394. The summed E-state index contributed by atoms with van der Waals surface area (Å²) in [6.07, 6.45) is 1.64. The van der Waals surface area contributed by atoms with Crippen LogP contribution in [0.15, 0.2) is 80.6 Å². The van der Waals surface area contributed by atoms with E-state index in [9.17, 15) is 0 Å². The molecule has 0 fully saturated rings. The van der Waals surface area contributed by atoms with Crippen LogP contribution in [0.1, 0.15) is 5.76 Å². The summed E-state index contributed by atoms with van der Waals surface area (Å²) in [7, 11) is 0. The Morgan fingerprint density at radius 2 is 1.59 bits per heavy atom. The van der Waals surface area contributed by atoms with Crippen molar-refractivity contribution < 1.29 is 8.83 Å². The van der Waals surface area contributed by atoms with Crippen LogP contribution < -0.4 is 0 Å². The predicted molar refractivity (Wildman–Crippen MR) is 131 cm³/mol. The number of nitrogens with zero attached hydrogens (tertiary/aromatic N) is 2. The van der Waals surface area contributed by atoms with Crippen LogP contribution in [-0.2, 0) is 0 Å². The van der Waals surface area contributed by atoms with Gasteiger partial charge in [0, 0.05) is 10.6 Å². The first-order valence-corrected chi connectivity index (χ1v) is 10.9.